The van der Waals surface area contributed by atoms with E-state index in [1.807, 2.05) is 30.3 Å². The van der Waals surface area contributed by atoms with Gasteiger partial charge in [-0.05, 0) is 19.1 Å². The summed E-state index contributed by atoms with van der Waals surface area (Å²) in [5.74, 6) is 0.832. The lowest BCUT2D eigenvalue weighted by Gasteiger charge is -2.06. The molecule has 1 aromatic rings. The number of aliphatic hydroxyl groups is 1. The second kappa shape index (κ2) is 4.78. The third-order valence-corrected chi connectivity index (χ3v) is 1.46. The molecule has 0 aliphatic rings. The summed E-state index contributed by atoms with van der Waals surface area (Å²) in [6.45, 7) is 3.95. The molecule has 1 atom stereocenters. The smallest absolute Gasteiger partial charge is 0.119 e. The summed E-state index contributed by atoms with van der Waals surface area (Å²) in [5.41, 5.74) is 0. The number of ether oxygens (including phenoxy) is 1. The molecule has 0 amide bonds. The lowest BCUT2D eigenvalue weighted by Crippen LogP contribution is -2.07. The van der Waals surface area contributed by atoms with E-state index in [-0.39, 0.29) is 0 Å². The van der Waals surface area contributed by atoms with Gasteiger partial charge < -0.3 is 9.84 Å². The zero-order valence-electron chi connectivity index (χ0n) is 6.94. The molecule has 2 nitrogen and oxygen atoms in total. The molecular weight excluding hydrogens is 152 g/mol. The third kappa shape index (κ3) is 3.39. The van der Waals surface area contributed by atoms with Crippen LogP contribution in [0.3, 0.4) is 0 Å². The van der Waals surface area contributed by atoms with Gasteiger partial charge in [0.05, 0.1) is 12.7 Å². The Bertz CT molecular complexity index is 206. The van der Waals surface area contributed by atoms with Gasteiger partial charge in [0.2, 0.25) is 0 Å². The molecule has 2 heteroatoms. The van der Waals surface area contributed by atoms with Crippen molar-refractivity contribution < 1.29 is 9.84 Å². The maximum atomic E-state index is 8.84. The Kier molecular flexibility index (Phi) is 3.61. The largest absolute Gasteiger partial charge is 0.493 e. The van der Waals surface area contributed by atoms with E-state index >= 15 is 0 Å². The molecule has 12 heavy (non-hydrogen) atoms. The average molecular weight is 165 g/mol. The maximum Gasteiger partial charge on any atom is 0.119 e. The fraction of sp³-hybridized carbons (Fsp3) is 0.300. The van der Waals surface area contributed by atoms with Gasteiger partial charge in [0, 0.05) is 6.42 Å². The van der Waals surface area contributed by atoms with E-state index in [0.717, 1.165) is 5.75 Å². The summed E-state index contributed by atoms with van der Waals surface area (Å²) >= 11 is 0. The van der Waals surface area contributed by atoms with Crippen molar-refractivity contribution in [3.05, 3.63) is 37.3 Å². The summed E-state index contributed by atoms with van der Waals surface area (Å²) in [6.07, 6.45) is 0.0308. The summed E-state index contributed by atoms with van der Waals surface area (Å²) in [4.78, 5) is 0. The van der Waals surface area contributed by atoms with Crippen LogP contribution in [-0.4, -0.2) is 17.8 Å². The van der Waals surface area contributed by atoms with Gasteiger partial charge >= 0.3 is 0 Å². The Morgan fingerprint density at radius 1 is 1.33 bits per heavy atom. The van der Waals surface area contributed by atoms with Crippen molar-refractivity contribution in [3.8, 4) is 5.75 Å². The van der Waals surface area contributed by atoms with Crippen molar-refractivity contribution in [2.45, 2.75) is 12.5 Å². The molecule has 1 radical (unpaired) electrons. The van der Waals surface area contributed by atoms with Gasteiger partial charge in [0.1, 0.15) is 5.75 Å². The first-order valence-corrected chi connectivity index (χ1v) is 3.98. The highest BCUT2D eigenvalue weighted by Crippen LogP contribution is 2.08. The Balaban J connectivity index is 2.25. The lowest BCUT2D eigenvalue weighted by atomic mass is 10.3. The van der Waals surface area contributed by atoms with E-state index in [0.29, 0.717) is 13.0 Å². The maximum absolute atomic E-state index is 8.84. The van der Waals surface area contributed by atoms with Crippen LogP contribution in [-0.2, 0) is 0 Å². The summed E-state index contributed by atoms with van der Waals surface area (Å²) in [7, 11) is 0. The SMILES string of the molecule is [CH2]C(O)CCOc1ccccc1. The zero-order valence-corrected chi connectivity index (χ0v) is 6.94. The Morgan fingerprint density at radius 2 is 2.00 bits per heavy atom. The van der Waals surface area contributed by atoms with E-state index in [4.69, 9.17) is 9.84 Å². The van der Waals surface area contributed by atoms with Crippen LogP contribution in [0.5, 0.6) is 5.75 Å². The number of para-hydroxylation sites is 1. The van der Waals surface area contributed by atoms with E-state index < -0.39 is 6.10 Å². The van der Waals surface area contributed by atoms with Crippen LogP contribution in [0.15, 0.2) is 30.3 Å². The highest BCUT2D eigenvalue weighted by Gasteiger charge is 1.95. The molecule has 0 saturated heterocycles. The van der Waals surface area contributed by atoms with Gasteiger partial charge in [-0.3, -0.25) is 0 Å². The van der Waals surface area contributed by atoms with Crippen LogP contribution in [0.25, 0.3) is 0 Å². The van der Waals surface area contributed by atoms with Gasteiger partial charge in [-0.25, -0.2) is 0 Å². The molecule has 0 bridgehead atoms. The standard InChI is InChI=1S/C10H13O2/c1-9(11)7-8-12-10-5-3-2-4-6-10/h2-6,9,11H,1,7-8H2. The van der Waals surface area contributed by atoms with Gasteiger partial charge in [0.25, 0.3) is 0 Å². The van der Waals surface area contributed by atoms with Gasteiger partial charge in [-0.1, -0.05) is 18.2 Å². The fourth-order valence-electron chi connectivity index (χ4n) is 0.830. The molecule has 65 valence electrons. The first kappa shape index (κ1) is 9.07. The molecule has 0 aliphatic carbocycles. The number of hydrogen-bond donors (Lipinski definition) is 1. The number of rotatable bonds is 4. The van der Waals surface area contributed by atoms with Crippen LogP contribution in [0.1, 0.15) is 6.42 Å². The van der Waals surface area contributed by atoms with Crippen molar-refractivity contribution in [3.63, 3.8) is 0 Å². The van der Waals surface area contributed by atoms with Crippen molar-refractivity contribution in [1.29, 1.82) is 0 Å². The monoisotopic (exact) mass is 165 g/mol. The zero-order chi connectivity index (χ0) is 8.81. The highest BCUT2D eigenvalue weighted by molar-refractivity contribution is 5.20. The number of hydrogen-bond acceptors (Lipinski definition) is 2. The molecule has 0 aromatic heterocycles. The molecule has 1 aromatic carbocycles. The molecular formula is C10H13O2. The molecule has 0 fully saturated rings. The molecule has 0 aliphatic heterocycles. The van der Waals surface area contributed by atoms with E-state index in [1.165, 1.54) is 0 Å². The number of aliphatic hydroxyl groups excluding tert-OH is 1. The minimum Gasteiger partial charge on any atom is -0.493 e. The van der Waals surface area contributed by atoms with E-state index in [9.17, 15) is 0 Å². The minimum absolute atomic E-state index is 0.509. The van der Waals surface area contributed by atoms with Crippen LogP contribution in [0.4, 0.5) is 0 Å². The van der Waals surface area contributed by atoms with Crippen molar-refractivity contribution >= 4 is 0 Å². The molecule has 1 unspecified atom stereocenters. The summed E-state index contributed by atoms with van der Waals surface area (Å²) in [5, 5.41) is 8.84. The van der Waals surface area contributed by atoms with Crippen molar-refractivity contribution in [2.75, 3.05) is 6.61 Å². The normalized spacial score (nSPS) is 12.5. The molecule has 0 saturated carbocycles. The van der Waals surface area contributed by atoms with Crippen LogP contribution in [0.2, 0.25) is 0 Å². The Hall–Kier alpha value is -1.02. The molecule has 1 N–H and O–H groups in total. The van der Waals surface area contributed by atoms with Crippen LogP contribution < -0.4 is 4.74 Å². The van der Waals surface area contributed by atoms with Crippen molar-refractivity contribution in [1.82, 2.24) is 0 Å². The first-order valence-electron chi connectivity index (χ1n) is 3.98. The average Bonchev–Trinajstić information content (AvgIpc) is 2.05. The Labute approximate surface area is 72.8 Å². The van der Waals surface area contributed by atoms with Gasteiger partial charge in [-0.2, -0.15) is 0 Å². The van der Waals surface area contributed by atoms with Gasteiger partial charge in [-0.15, -0.1) is 0 Å². The molecule has 0 spiro atoms. The lowest BCUT2D eigenvalue weighted by molar-refractivity contribution is 0.176. The first-order chi connectivity index (χ1) is 5.79. The second-order valence-corrected chi connectivity index (χ2v) is 2.60. The second-order valence-electron chi connectivity index (χ2n) is 2.60. The summed E-state index contributed by atoms with van der Waals surface area (Å²) in [6, 6.07) is 9.53. The topological polar surface area (TPSA) is 29.5 Å². The summed E-state index contributed by atoms with van der Waals surface area (Å²) < 4.78 is 5.32. The minimum atomic E-state index is -0.534. The highest BCUT2D eigenvalue weighted by atomic mass is 16.5. The quantitative estimate of drug-likeness (QED) is 0.735. The van der Waals surface area contributed by atoms with Crippen molar-refractivity contribution in [2.24, 2.45) is 0 Å². The van der Waals surface area contributed by atoms with E-state index in [1.54, 1.807) is 0 Å². The Morgan fingerprint density at radius 3 is 2.58 bits per heavy atom. The fourth-order valence-corrected chi connectivity index (χ4v) is 0.830. The van der Waals surface area contributed by atoms with Crippen LogP contribution in [0, 0.1) is 6.92 Å². The predicted octanol–water partition coefficient (Wildman–Crippen LogP) is 1.65. The van der Waals surface area contributed by atoms with E-state index in [2.05, 4.69) is 6.92 Å². The number of benzene rings is 1. The van der Waals surface area contributed by atoms with Gasteiger partial charge in [0.15, 0.2) is 0 Å². The third-order valence-electron chi connectivity index (χ3n) is 1.46. The predicted molar refractivity (Wildman–Crippen MR) is 47.9 cm³/mol. The molecule has 1 rings (SSSR count). The van der Waals surface area contributed by atoms with Crippen LogP contribution >= 0.6 is 0 Å². The molecule has 0 heterocycles.